The van der Waals surface area contributed by atoms with Crippen molar-refractivity contribution in [3.8, 4) is 5.69 Å². The number of benzene rings is 1. The Balaban J connectivity index is 1.63. The summed E-state index contributed by atoms with van der Waals surface area (Å²) in [7, 11) is 0. The van der Waals surface area contributed by atoms with Crippen LogP contribution >= 0.6 is 0 Å². The molecule has 2 atom stereocenters. The summed E-state index contributed by atoms with van der Waals surface area (Å²) in [5.74, 6) is 0.877. The van der Waals surface area contributed by atoms with Gasteiger partial charge in [0.2, 0.25) is 5.95 Å². The van der Waals surface area contributed by atoms with Gasteiger partial charge in [0, 0.05) is 12.6 Å². The Kier molecular flexibility index (Phi) is 4.23. The minimum absolute atomic E-state index is 0.192. The number of nitrogens with one attached hydrogen (secondary N) is 2. The van der Waals surface area contributed by atoms with Crippen molar-refractivity contribution in [1.29, 1.82) is 0 Å². The molecule has 0 saturated heterocycles. The van der Waals surface area contributed by atoms with Crippen LogP contribution in [0.25, 0.3) is 16.7 Å². The highest BCUT2D eigenvalue weighted by molar-refractivity contribution is 5.76. The summed E-state index contributed by atoms with van der Waals surface area (Å²) in [4.78, 5) is 19.7. The summed E-state index contributed by atoms with van der Waals surface area (Å²) in [5.41, 5.74) is 7.43. The molecule has 7 heteroatoms. The fourth-order valence-electron chi connectivity index (χ4n) is 3.48. The molecule has 2 unspecified atom stereocenters. The zero-order valence-electron chi connectivity index (χ0n) is 14.0. The Bertz CT molecular complexity index is 916. The van der Waals surface area contributed by atoms with Crippen LogP contribution < -0.4 is 16.6 Å². The number of rotatable bonds is 4. The van der Waals surface area contributed by atoms with Gasteiger partial charge in [0.25, 0.3) is 5.56 Å². The van der Waals surface area contributed by atoms with E-state index >= 15 is 0 Å². The third kappa shape index (κ3) is 3.15. The van der Waals surface area contributed by atoms with E-state index in [1.165, 1.54) is 12.8 Å². The Morgan fingerprint density at radius 3 is 2.84 bits per heavy atom. The van der Waals surface area contributed by atoms with Gasteiger partial charge >= 0.3 is 0 Å². The maximum Gasteiger partial charge on any atom is 0.263 e. The second-order valence-corrected chi connectivity index (χ2v) is 6.63. The molecular weight excluding hydrogens is 316 g/mol. The molecule has 4 rings (SSSR count). The van der Waals surface area contributed by atoms with Crippen LogP contribution in [0.2, 0.25) is 0 Å². The van der Waals surface area contributed by atoms with E-state index in [0.29, 0.717) is 22.9 Å². The van der Waals surface area contributed by atoms with Crippen molar-refractivity contribution in [2.75, 3.05) is 11.9 Å². The molecule has 0 radical (unpaired) electrons. The molecule has 0 aliphatic heterocycles. The largest absolute Gasteiger partial charge is 0.355 e. The number of hydrogen-bond donors (Lipinski definition) is 3. The van der Waals surface area contributed by atoms with Crippen LogP contribution in [0.1, 0.15) is 25.7 Å². The number of anilines is 1. The maximum absolute atomic E-state index is 12.3. The summed E-state index contributed by atoms with van der Waals surface area (Å²) < 4.78 is 1.68. The van der Waals surface area contributed by atoms with Crippen molar-refractivity contribution in [2.24, 2.45) is 11.7 Å². The summed E-state index contributed by atoms with van der Waals surface area (Å²) in [6, 6.07) is 9.88. The van der Waals surface area contributed by atoms with Crippen LogP contribution in [0.5, 0.6) is 0 Å². The molecule has 0 bridgehead atoms. The molecule has 4 N–H and O–H groups in total. The summed E-state index contributed by atoms with van der Waals surface area (Å²) in [6.45, 7) is 0.717. The second kappa shape index (κ2) is 6.68. The molecule has 7 nitrogen and oxygen atoms in total. The first-order valence-corrected chi connectivity index (χ1v) is 8.75. The number of fused-ring (bicyclic) bond motifs is 1. The fraction of sp³-hybridized carbons (Fsp3) is 0.389. The molecule has 1 fully saturated rings. The Morgan fingerprint density at radius 1 is 1.24 bits per heavy atom. The van der Waals surface area contributed by atoms with E-state index in [1.54, 1.807) is 10.9 Å². The van der Waals surface area contributed by atoms with E-state index in [9.17, 15) is 4.79 Å². The van der Waals surface area contributed by atoms with Crippen molar-refractivity contribution < 1.29 is 0 Å². The van der Waals surface area contributed by atoms with Gasteiger partial charge in [0.15, 0.2) is 5.65 Å². The molecule has 2 heterocycles. The van der Waals surface area contributed by atoms with Gasteiger partial charge in [-0.15, -0.1) is 0 Å². The van der Waals surface area contributed by atoms with E-state index in [2.05, 4.69) is 20.4 Å². The van der Waals surface area contributed by atoms with Gasteiger partial charge in [0.05, 0.1) is 11.9 Å². The fourth-order valence-corrected chi connectivity index (χ4v) is 3.48. The second-order valence-electron chi connectivity index (χ2n) is 6.63. The number of nitrogens with zero attached hydrogens (tertiary/aromatic N) is 3. The van der Waals surface area contributed by atoms with Crippen molar-refractivity contribution in [3.05, 3.63) is 46.9 Å². The lowest BCUT2D eigenvalue weighted by Gasteiger charge is -2.28. The third-order valence-electron chi connectivity index (χ3n) is 4.94. The third-order valence-corrected chi connectivity index (χ3v) is 4.94. The lowest BCUT2D eigenvalue weighted by Crippen LogP contribution is -2.37. The van der Waals surface area contributed by atoms with Crippen LogP contribution in [0, 0.1) is 5.92 Å². The topological polar surface area (TPSA) is 102 Å². The van der Waals surface area contributed by atoms with Gasteiger partial charge in [-0.05, 0) is 30.9 Å². The van der Waals surface area contributed by atoms with Crippen LogP contribution in [-0.4, -0.2) is 32.3 Å². The number of para-hydroxylation sites is 1. The minimum Gasteiger partial charge on any atom is -0.355 e. The molecule has 0 spiro atoms. The highest BCUT2D eigenvalue weighted by atomic mass is 16.1. The number of H-pyrrole nitrogens is 1. The van der Waals surface area contributed by atoms with Gasteiger partial charge in [-0.3, -0.25) is 9.78 Å². The van der Waals surface area contributed by atoms with Crippen molar-refractivity contribution in [3.63, 3.8) is 0 Å². The Hall–Kier alpha value is -2.67. The van der Waals surface area contributed by atoms with Crippen molar-refractivity contribution in [1.82, 2.24) is 19.7 Å². The average molecular weight is 338 g/mol. The van der Waals surface area contributed by atoms with Gasteiger partial charge in [0.1, 0.15) is 5.39 Å². The van der Waals surface area contributed by atoms with E-state index in [1.807, 2.05) is 30.3 Å². The first-order chi connectivity index (χ1) is 12.2. The average Bonchev–Trinajstić information content (AvgIpc) is 3.06. The number of aromatic amines is 1. The van der Waals surface area contributed by atoms with Crippen LogP contribution in [0.4, 0.5) is 5.95 Å². The van der Waals surface area contributed by atoms with E-state index < -0.39 is 0 Å². The summed E-state index contributed by atoms with van der Waals surface area (Å²) in [6.07, 6.45) is 6.15. The first-order valence-electron chi connectivity index (χ1n) is 8.75. The van der Waals surface area contributed by atoms with E-state index in [4.69, 9.17) is 5.73 Å². The molecule has 2 aromatic heterocycles. The van der Waals surface area contributed by atoms with Crippen LogP contribution in [0.15, 0.2) is 41.3 Å². The quantitative estimate of drug-likeness (QED) is 0.676. The van der Waals surface area contributed by atoms with Crippen molar-refractivity contribution in [2.45, 2.75) is 31.7 Å². The molecule has 0 amide bonds. The monoisotopic (exact) mass is 338 g/mol. The maximum atomic E-state index is 12.3. The highest BCUT2D eigenvalue weighted by Crippen LogP contribution is 2.23. The van der Waals surface area contributed by atoms with E-state index in [-0.39, 0.29) is 11.6 Å². The zero-order chi connectivity index (χ0) is 17.2. The standard InChI is InChI=1S/C18H22N6O/c19-15-9-5-4-6-12(15)10-20-18-22-16-14(17(25)23-18)11-21-24(16)13-7-2-1-3-8-13/h1-3,7-8,11-12,15H,4-6,9-10,19H2,(H2,20,22,23,25). The summed E-state index contributed by atoms with van der Waals surface area (Å²) in [5, 5.41) is 8.05. The molecule has 1 aromatic carbocycles. The molecule has 3 aromatic rings. The first kappa shape index (κ1) is 15.8. The lowest BCUT2D eigenvalue weighted by atomic mass is 9.85. The molecule has 1 saturated carbocycles. The molecule has 1 aliphatic carbocycles. The van der Waals surface area contributed by atoms with Crippen LogP contribution in [-0.2, 0) is 0 Å². The molecule has 130 valence electrons. The smallest absolute Gasteiger partial charge is 0.263 e. The Morgan fingerprint density at radius 2 is 2.04 bits per heavy atom. The van der Waals surface area contributed by atoms with Gasteiger partial charge in [-0.25, -0.2) is 4.68 Å². The predicted molar refractivity (Wildman–Crippen MR) is 97.9 cm³/mol. The van der Waals surface area contributed by atoms with Gasteiger partial charge in [-0.2, -0.15) is 10.1 Å². The highest BCUT2D eigenvalue weighted by Gasteiger charge is 2.21. The van der Waals surface area contributed by atoms with E-state index in [0.717, 1.165) is 25.1 Å². The van der Waals surface area contributed by atoms with Gasteiger partial charge < -0.3 is 11.1 Å². The van der Waals surface area contributed by atoms with Crippen molar-refractivity contribution >= 4 is 17.0 Å². The number of nitrogens with two attached hydrogens (primary N) is 1. The minimum atomic E-state index is -0.192. The SMILES string of the molecule is NC1CCCCC1CNc1nc2c(cnn2-c2ccccc2)c(=O)[nH]1. The number of hydrogen-bond acceptors (Lipinski definition) is 5. The molecular formula is C18H22N6O. The lowest BCUT2D eigenvalue weighted by molar-refractivity contribution is 0.321. The zero-order valence-corrected chi connectivity index (χ0v) is 14.0. The Labute approximate surface area is 145 Å². The number of aromatic nitrogens is 4. The van der Waals surface area contributed by atoms with Gasteiger partial charge in [-0.1, -0.05) is 31.0 Å². The van der Waals surface area contributed by atoms with Crippen LogP contribution in [0.3, 0.4) is 0 Å². The molecule has 1 aliphatic rings. The summed E-state index contributed by atoms with van der Waals surface area (Å²) >= 11 is 0. The molecule has 25 heavy (non-hydrogen) atoms. The normalized spacial score (nSPS) is 20.7. The predicted octanol–water partition coefficient (Wildman–Crippen LogP) is 2.04.